The summed E-state index contributed by atoms with van der Waals surface area (Å²) in [6.45, 7) is 1.95. The van der Waals surface area contributed by atoms with Crippen molar-refractivity contribution in [1.29, 1.82) is 0 Å². The molecule has 0 bridgehead atoms. The second kappa shape index (κ2) is 6.34. The third kappa shape index (κ3) is 3.52. The Morgan fingerprint density at radius 1 is 1.65 bits per heavy atom. The number of hydrogen-bond acceptors (Lipinski definition) is 4. The molecule has 1 aromatic carbocycles. The highest BCUT2D eigenvalue weighted by Crippen LogP contribution is 2.28. The van der Waals surface area contributed by atoms with Gasteiger partial charge in [0.2, 0.25) is 0 Å². The molecule has 6 heteroatoms. The highest BCUT2D eigenvalue weighted by Gasteiger charge is 2.12. The van der Waals surface area contributed by atoms with Crippen LogP contribution >= 0.6 is 15.9 Å². The van der Waals surface area contributed by atoms with Crippen molar-refractivity contribution in [3.8, 4) is 5.75 Å². The Morgan fingerprint density at radius 2 is 2.35 bits per heavy atom. The van der Waals surface area contributed by atoms with Crippen LogP contribution in [0.1, 0.15) is 13.3 Å². The van der Waals surface area contributed by atoms with Gasteiger partial charge in [-0.1, -0.05) is 12.1 Å². The molecule has 1 rings (SSSR count). The molecule has 1 atom stereocenters. The lowest BCUT2D eigenvalue weighted by atomic mass is 10.2. The molecule has 17 heavy (non-hydrogen) atoms. The van der Waals surface area contributed by atoms with Crippen LogP contribution in [0.4, 0.5) is 5.69 Å². The Kier molecular flexibility index (Phi) is 5.09. The van der Waals surface area contributed by atoms with E-state index in [2.05, 4.69) is 26.4 Å². The fourth-order valence-corrected chi connectivity index (χ4v) is 1.95. The van der Waals surface area contributed by atoms with Gasteiger partial charge in [0.25, 0.3) is 0 Å². The number of nitrogens with one attached hydrogen (secondary N) is 1. The summed E-state index contributed by atoms with van der Waals surface area (Å²) >= 11 is 3.40. The van der Waals surface area contributed by atoms with Crippen LogP contribution in [0.25, 0.3) is 0 Å². The smallest absolute Gasteiger partial charge is 0.161 e. The summed E-state index contributed by atoms with van der Waals surface area (Å²) in [4.78, 5) is 0. The van der Waals surface area contributed by atoms with Crippen molar-refractivity contribution in [3.05, 3.63) is 22.7 Å². The van der Waals surface area contributed by atoms with E-state index in [9.17, 15) is 0 Å². The van der Waals surface area contributed by atoms with Crippen LogP contribution in [-0.4, -0.2) is 24.2 Å². The average molecular weight is 302 g/mol. The highest BCUT2D eigenvalue weighted by atomic mass is 79.9. The second-order valence-electron chi connectivity index (χ2n) is 3.48. The summed E-state index contributed by atoms with van der Waals surface area (Å²) in [5.74, 6) is 0.923. The van der Waals surface area contributed by atoms with Crippen molar-refractivity contribution in [2.24, 2.45) is 10.9 Å². The number of rotatable bonds is 5. The quantitative estimate of drug-likeness (QED) is 0.338. The fourth-order valence-electron chi connectivity index (χ4n) is 1.41. The van der Waals surface area contributed by atoms with Gasteiger partial charge in [-0.25, -0.2) is 0 Å². The molecule has 94 valence electrons. The van der Waals surface area contributed by atoms with Crippen LogP contribution in [0.3, 0.4) is 0 Å². The minimum absolute atomic E-state index is 0.166. The molecular weight excluding hydrogens is 286 g/mol. The zero-order valence-electron chi connectivity index (χ0n) is 9.77. The van der Waals surface area contributed by atoms with E-state index in [0.29, 0.717) is 0 Å². The third-order valence-electron chi connectivity index (χ3n) is 2.37. The summed E-state index contributed by atoms with van der Waals surface area (Å²) in [7, 11) is 1.61. The molecule has 0 radical (unpaired) electrons. The molecule has 5 nitrogen and oxygen atoms in total. The summed E-state index contributed by atoms with van der Waals surface area (Å²) < 4.78 is 5.98. The van der Waals surface area contributed by atoms with Gasteiger partial charge >= 0.3 is 0 Å². The van der Waals surface area contributed by atoms with Gasteiger partial charge in [0.1, 0.15) is 5.75 Å². The number of methoxy groups -OCH3 is 1. The standard InChI is InChI=1S/C11H16BrN3O2/c1-3-9(11(13)15-16)14-7-4-5-10(17-2)8(12)6-7/h4-6,9,14,16H,3H2,1-2H3,(H2,13,15). The number of benzene rings is 1. The van der Waals surface area contributed by atoms with Crippen LogP contribution in [0, 0.1) is 0 Å². The third-order valence-corrected chi connectivity index (χ3v) is 2.99. The monoisotopic (exact) mass is 301 g/mol. The molecule has 0 aliphatic rings. The largest absolute Gasteiger partial charge is 0.496 e. The first-order chi connectivity index (χ1) is 8.12. The van der Waals surface area contributed by atoms with Crippen LogP contribution < -0.4 is 15.8 Å². The Balaban J connectivity index is 2.84. The Hall–Kier alpha value is -1.43. The summed E-state index contributed by atoms with van der Waals surface area (Å²) in [6, 6.07) is 5.40. The van der Waals surface area contributed by atoms with Crippen LogP contribution in [0.5, 0.6) is 5.75 Å². The maximum Gasteiger partial charge on any atom is 0.161 e. The second-order valence-corrected chi connectivity index (χ2v) is 4.33. The van der Waals surface area contributed by atoms with Crippen LogP contribution in [-0.2, 0) is 0 Å². The number of ether oxygens (including phenoxy) is 1. The number of halogens is 1. The van der Waals surface area contributed by atoms with Gasteiger partial charge in [-0.2, -0.15) is 0 Å². The van der Waals surface area contributed by atoms with E-state index < -0.39 is 0 Å². The predicted molar refractivity (Wildman–Crippen MR) is 71.8 cm³/mol. The van der Waals surface area contributed by atoms with Gasteiger partial charge in [0.05, 0.1) is 17.6 Å². The van der Waals surface area contributed by atoms with Gasteiger partial charge in [-0.3, -0.25) is 0 Å². The molecule has 0 saturated carbocycles. The number of nitrogens with two attached hydrogens (primary N) is 1. The van der Waals surface area contributed by atoms with Crippen molar-refractivity contribution in [2.75, 3.05) is 12.4 Å². The Labute approximate surface area is 109 Å². The van der Waals surface area contributed by atoms with E-state index in [1.54, 1.807) is 7.11 Å². The topological polar surface area (TPSA) is 79.9 Å². The summed E-state index contributed by atoms with van der Waals surface area (Å²) in [5.41, 5.74) is 6.44. The molecule has 0 heterocycles. The molecule has 0 aliphatic carbocycles. The van der Waals surface area contributed by atoms with E-state index >= 15 is 0 Å². The Morgan fingerprint density at radius 3 is 2.82 bits per heavy atom. The van der Waals surface area contributed by atoms with E-state index in [1.807, 2.05) is 25.1 Å². The molecule has 0 spiro atoms. The van der Waals surface area contributed by atoms with Gasteiger partial charge < -0.3 is 21.0 Å². The molecule has 0 saturated heterocycles. The van der Waals surface area contributed by atoms with Crippen LogP contribution in [0.15, 0.2) is 27.8 Å². The lowest BCUT2D eigenvalue weighted by Gasteiger charge is -2.17. The molecule has 0 amide bonds. The number of hydrogen-bond donors (Lipinski definition) is 3. The van der Waals surface area contributed by atoms with E-state index in [1.165, 1.54) is 0 Å². The van der Waals surface area contributed by atoms with E-state index in [0.717, 1.165) is 22.3 Å². The fraction of sp³-hybridized carbons (Fsp3) is 0.364. The minimum Gasteiger partial charge on any atom is -0.496 e. The van der Waals surface area contributed by atoms with E-state index in [-0.39, 0.29) is 11.9 Å². The first-order valence-corrected chi connectivity index (χ1v) is 5.99. The predicted octanol–water partition coefficient (Wildman–Crippen LogP) is 2.39. The van der Waals surface area contributed by atoms with Crippen molar-refractivity contribution in [3.63, 3.8) is 0 Å². The number of oxime groups is 1. The minimum atomic E-state index is -0.194. The summed E-state index contributed by atoms with van der Waals surface area (Å²) in [6.07, 6.45) is 0.722. The number of amidine groups is 1. The maximum atomic E-state index is 8.64. The highest BCUT2D eigenvalue weighted by molar-refractivity contribution is 9.10. The normalized spacial score (nSPS) is 13.2. The zero-order valence-corrected chi connectivity index (χ0v) is 11.4. The molecule has 4 N–H and O–H groups in total. The van der Waals surface area contributed by atoms with Crippen molar-refractivity contribution in [1.82, 2.24) is 0 Å². The van der Waals surface area contributed by atoms with Crippen molar-refractivity contribution < 1.29 is 9.94 Å². The number of nitrogens with zero attached hydrogens (tertiary/aromatic N) is 1. The molecule has 1 aromatic rings. The van der Waals surface area contributed by atoms with Gasteiger partial charge in [0.15, 0.2) is 5.84 Å². The summed E-state index contributed by atoms with van der Waals surface area (Å²) in [5, 5.41) is 14.8. The molecule has 0 aromatic heterocycles. The molecular formula is C11H16BrN3O2. The van der Waals surface area contributed by atoms with Crippen LogP contribution in [0.2, 0.25) is 0 Å². The zero-order chi connectivity index (χ0) is 12.8. The molecule has 0 aliphatic heterocycles. The first-order valence-electron chi connectivity index (χ1n) is 5.19. The lowest BCUT2D eigenvalue weighted by molar-refractivity contribution is 0.316. The van der Waals surface area contributed by atoms with Crippen molar-refractivity contribution in [2.45, 2.75) is 19.4 Å². The first kappa shape index (κ1) is 13.6. The molecule has 1 unspecified atom stereocenters. The SMILES string of the molecule is CCC(Nc1ccc(OC)c(Br)c1)C(N)=NO. The molecule has 0 fully saturated rings. The van der Waals surface area contributed by atoms with Gasteiger partial charge in [-0.05, 0) is 40.5 Å². The van der Waals surface area contributed by atoms with Gasteiger partial charge in [0, 0.05) is 5.69 Å². The maximum absolute atomic E-state index is 8.64. The van der Waals surface area contributed by atoms with E-state index in [4.69, 9.17) is 15.7 Å². The average Bonchev–Trinajstić information content (AvgIpc) is 2.35. The van der Waals surface area contributed by atoms with Crippen molar-refractivity contribution >= 4 is 27.5 Å². The lowest BCUT2D eigenvalue weighted by Crippen LogP contribution is -2.35. The Bertz CT molecular complexity index is 410. The number of anilines is 1. The van der Waals surface area contributed by atoms with Gasteiger partial charge in [-0.15, -0.1) is 0 Å².